The highest BCUT2D eigenvalue weighted by Crippen LogP contribution is 2.68. The van der Waals surface area contributed by atoms with Gasteiger partial charge in [-0.2, -0.15) is 0 Å². The number of hydrogen-bond acceptors (Lipinski definition) is 1. The molecule has 1 heteroatoms. The van der Waals surface area contributed by atoms with E-state index in [1.807, 2.05) is 0 Å². The molecule has 0 aromatic carbocycles. The van der Waals surface area contributed by atoms with E-state index in [1.54, 1.807) is 0 Å². The quantitative estimate of drug-likeness (QED) is 0.700. The summed E-state index contributed by atoms with van der Waals surface area (Å²) in [6.45, 7) is 4.76. The van der Waals surface area contributed by atoms with Gasteiger partial charge in [-0.05, 0) is 48.9 Å². The van der Waals surface area contributed by atoms with E-state index >= 15 is 0 Å². The van der Waals surface area contributed by atoms with Crippen LogP contribution in [0.5, 0.6) is 0 Å². The first-order valence-electron chi connectivity index (χ1n) is 6.79. The van der Waals surface area contributed by atoms with Crippen LogP contribution in [0, 0.1) is 23.2 Å². The first kappa shape index (κ1) is 10.1. The molecule has 3 aliphatic carbocycles. The lowest BCUT2D eigenvalue weighted by Crippen LogP contribution is -2.41. The van der Waals surface area contributed by atoms with Gasteiger partial charge in [-0.15, -0.1) is 0 Å². The van der Waals surface area contributed by atoms with Gasteiger partial charge in [0.2, 0.25) is 0 Å². The van der Waals surface area contributed by atoms with Gasteiger partial charge in [-0.3, -0.25) is 0 Å². The largest absolute Gasteiger partial charge is 0.389 e. The van der Waals surface area contributed by atoms with E-state index < -0.39 is 0 Å². The summed E-state index contributed by atoms with van der Waals surface area (Å²) in [6, 6.07) is 0. The van der Waals surface area contributed by atoms with Crippen molar-refractivity contribution >= 4 is 0 Å². The van der Waals surface area contributed by atoms with Crippen LogP contribution in [0.1, 0.15) is 58.8 Å². The molecule has 0 aliphatic heterocycles. The van der Waals surface area contributed by atoms with Crippen LogP contribution in [0.15, 0.2) is 0 Å². The SMILES string of the molecule is CC1(C)CCCCC1C1(O)C2CCCC21. The second kappa shape index (κ2) is 3.00. The fraction of sp³-hybridized carbons (Fsp3) is 1.00. The molecule has 0 bridgehead atoms. The van der Waals surface area contributed by atoms with Crippen LogP contribution in [0.2, 0.25) is 0 Å². The fourth-order valence-corrected chi connectivity index (χ4v) is 4.84. The van der Waals surface area contributed by atoms with Crippen LogP contribution in [0.25, 0.3) is 0 Å². The van der Waals surface area contributed by atoms with Crippen LogP contribution in [-0.2, 0) is 0 Å². The second-order valence-electron chi connectivity index (χ2n) is 6.82. The Morgan fingerprint density at radius 2 is 1.60 bits per heavy atom. The Morgan fingerprint density at radius 3 is 2.20 bits per heavy atom. The third kappa shape index (κ3) is 1.25. The van der Waals surface area contributed by atoms with Crippen LogP contribution >= 0.6 is 0 Å². The molecule has 1 N–H and O–H groups in total. The van der Waals surface area contributed by atoms with Crippen LogP contribution in [-0.4, -0.2) is 10.7 Å². The van der Waals surface area contributed by atoms with Crippen molar-refractivity contribution in [2.45, 2.75) is 64.4 Å². The van der Waals surface area contributed by atoms with E-state index in [-0.39, 0.29) is 5.60 Å². The summed E-state index contributed by atoms with van der Waals surface area (Å²) < 4.78 is 0. The molecule has 0 amide bonds. The first-order chi connectivity index (χ1) is 7.07. The summed E-state index contributed by atoms with van der Waals surface area (Å²) in [7, 11) is 0. The molecule has 0 heterocycles. The molecule has 0 radical (unpaired) electrons. The van der Waals surface area contributed by atoms with E-state index in [2.05, 4.69) is 13.8 Å². The van der Waals surface area contributed by atoms with E-state index in [4.69, 9.17) is 0 Å². The maximum absolute atomic E-state index is 10.9. The lowest BCUT2D eigenvalue weighted by Gasteiger charge is -2.43. The standard InChI is InChI=1S/C14H24O/c1-13(2)9-4-3-8-12(13)14(15)10-6-5-7-11(10)14/h10-12,15H,3-9H2,1-2H3. The van der Waals surface area contributed by atoms with Crippen molar-refractivity contribution in [2.75, 3.05) is 0 Å². The fourth-order valence-electron chi connectivity index (χ4n) is 4.84. The van der Waals surface area contributed by atoms with Gasteiger partial charge in [0.1, 0.15) is 0 Å². The van der Waals surface area contributed by atoms with Gasteiger partial charge in [0.15, 0.2) is 0 Å². The lowest BCUT2D eigenvalue weighted by atomic mass is 9.64. The maximum Gasteiger partial charge on any atom is 0.0744 e. The Labute approximate surface area is 93.3 Å². The average Bonchev–Trinajstić information content (AvgIpc) is 2.62. The minimum Gasteiger partial charge on any atom is -0.389 e. The normalized spacial score (nSPS) is 52.6. The molecule has 3 unspecified atom stereocenters. The van der Waals surface area contributed by atoms with Gasteiger partial charge in [0, 0.05) is 0 Å². The summed E-state index contributed by atoms with van der Waals surface area (Å²) in [6.07, 6.45) is 9.27. The smallest absolute Gasteiger partial charge is 0.0744 e. The Morgan fingerprint density at radius 1 is 0.933 bits per heavy atom. The van der Waals surface area contributed by atoms with Crippen LogP contribution in [0.3, 0.4) is 0 Å². The van der Waals surface area contributed by atoms with E-state index in [0.29, 0.717) is 23.2 Å². The van der Waals surface area contributed by atoms with Gasteiger partial charge in [0.05, 0.1) is 5.60 Å². The summed E-state index contributed by atoms with van der Waals surface area (Å²) in [5.41, 5.74) is 0.152. The molecule has 3 aliphatic rings. The summed E-state index contributed by atoms with van der Waals surface area (Å²) in [5.74, 6) is 1.95. The Kier molecular flexibility index (Phi) is 2.03. The topological polar surface area (TPSA) is 20.2 Å². The molecular weight excluding hydrogens is 184 g/mol. The molecule has 15 heavy (non-hydrogen) atoms. The zero-order chi connectivity index (χ0) is 10.7. The predicted molar refractivity (Wildman–Crippen MR) is 61.5 cm³/mol. The van der Waals surface area contributed by atoms with Crippen molar-refractivity contribution in [3.63, 3.8) is 0 Å². The molecule has 1 nitrogen and oxygen atoms in total. The number of hydrogen-bond donors (Lipinski definition) is 1. The third-order valence-corrected chi connectivity index (χ3v) is 5.66. The third-order valence-electron chi connectivity index (χ3n) is 5.66. The molecular formula is C14H24O. The predicted octanol–water partition coefficient (Wildman–Crippen LogP) is 3.36. The van der Waals surface area contributed by atoms with Crippen molar-refractivity contribution in [1.29, 1.82) is 0 Å². The van der Waals surface area contributed by atoms with Gasteiger partial charge >= 0.3 is 0 Å². The van der Waals surface area contributed by atoms with Crippen LogP contribution in [0.4, 0.5) is 0 Å². The number of fused-ring (bicyclic) bond motifs is 1. The maximum atomic E-state index is 10.9. The molecule has 3 atom stereocenters. The first-order valence-corrected chi connectivity index (χ1v) is 6.79. The Bertz CT molecular complexity index is 259. The van der Waals surface area contributed by atoms with Gasteiger partial charge in [0.25, 0.3) is 0 Å². The van der Waals surface area contributed by atoms with E-state index in [1.165, 1.54) is 44.9 Å². The van der Waals surface area contributed by atoms with Gasteiger partial charge < -0.3 is 5.11 Å². The van der Waals surface area contributed by atoms with Crippen molar-refractivity contribution in [2.24, 2.45) is 23.2 Å². The summed E-state index contributed by atoms with van der Waals surface area (Å²) in [5, 5.41) is 10.9. The molecule has 0 aromatic heterocycles. The van der Waals surface area contributed by atoms with Crippen molar-refractivity contribution < 1.29 is 5.11 Å². The molecule has 3 saturated carbocycles. The van der Waals surface area contributed by atoms with E-state index in [0.717, 1.165) is 0 Å². The summed E-state index contributed by atoms with van der Waals surface area (Å²) in [4.78, 5) is 0. The molecule has 0 aromatic rings. The minimum atomic E-state index is -0.234. The van der Waals surface area contributed by atoms with Crippen molar-refractivity contribution in [1.82, 2.24) is 0 Å². The Balaban J connectivity index is 1.82. The molecule has 0 saturated heterocycles. The number of rotatable bonds is 1. The van der Waals surface area contributed by atoms with Gasteiger partial charge in [-0.1, -0.05) is 33.1 Å². The zero-order valence-electron chi connectivity index (χ0n) is 10.1. The van der Waals surface area contributed by atoms with Gasteiger partial charge in [-0.25, -0.2) is 0 Å². The Hall–Kier alpha value is -0.0400. The van der Waals surface area contributed by atoms with Crippen molar-refractivity contribution in [3.8, 4) is 0 Å². The second-order valence-corrected chi connectivity index (χ2v) is 6.82. The minimum absolute atomic E-state index is 0.234. The number of aliphatic hydroxyl groups is 1. The average molecular weight is 208 g/mol. The highest BCUT2D eigenvalue weighted by molar-refractivity contribution is 5.19. The highest BCUT2D eigenvalue weighted by atomic mass is 16.3. The zero-order valence-corrected chi connectivity index (χ0v) is 10.1. The van der Waals surface area contributed by atoms with Crippen LogP contribution < -0.4 is 0 Å². The molecule has 0 spiro atoms. The monoisotopic (exact) mass is 208 g/mol. The molecule has 3 fully saturated rings. The molecule has 86 valence electrons. The summed E-state index contributed by atoms with van der Waals surface area (Å²) >= 11 is 0. The van der Waals surface area contributed by atoms with Crippen molar-refractivity contribution in [3.05, 3.63) is 0 Å². The highest BCUT2D eigenvalue weighted by Gasteiger charge is 2.70. The van der Waals surface area contributed by atoms with E-state index in [9.17, 15) is 5.11 Å². The lowest BCUT2D eigenvalue weighted by molar-refractivity contribution is -0.0383. The molecule has 3 rings (SSSR count).